The monoisotopic (exact) mass is 218 g/mol. The summed E-state index contributed by atoms with van der Waals surface area (Å²) in [6.07, 6.45) is 2.73. The molecule has 4 atom stereocenters. The first kappa shape index (κ1) is 12.6. The van der Waals surface area contributed by atoms with Gasteiger partial charge < -0.3 is 4.74 Å². The Labute approximate surface area is 90.5 Å². The molecule has 3 heteroatoms. The van der Waals surface area contributed by atoms with Crippen molar-refractivity contribution in [2.45, 2.75) is 51.6 Å². The minimum atomic E-state index is -1.45. The molecule has 4 unspecified atom stereocenters. The van der Waals surface area contributed by atoms with Gasteiger partial charge in [-0.05, 0) is 25.2 Å². The maximum atomic E-state index is 13.5. The standard InChI is InChI=1S/C12H20F2O/c1-3-4-5-8-15-10-7-6-9(2)11(13)12(10)14/h4-5,9-12H,3,6-8H2,1-2H3/b5-4-. The molecule has 15 heavy (non-hydrogen) atoms. The van der Waals surface area contributed by atoms with Crippen molar-refractivity contribution in [3.05, 3.63) is 12.2 Å². The largest absolute Gasteiger partial charge is 0.371 e. The smallest absolute Gasteiger partial charge is 0.157 e. The van der Waals surface area contributed by atoms with E-state index in [9.17, 15) is 8.78 Å². The fraction of sp³-hybridized carbons (Fsp3) is 0.833. The van der Waals surface area contributed by atoms with Crippen LogP contribution >= 0.6 is 0 Å². The Kier molecular flexibility index (Phi) is 5.23. The lowest BCUT2D eigenvalue weighted by molar-refractivity contribution is -0.0631. The second-order valence-corrected chi connectivity index (χ2v) is 4.19. The Morgan fingerprint density at radius 2 is 1.93 bits per heavy atom. The van der Waals surface area contributed by atoms with Gasteiger partial charge in [-0.15, -0.1) is 0 Å². The Balaban J connectivity index is 2.32. The third kappa shape index (κ3) is 3.56. The maximum Gasteiger partial charge on any atom is 0.157 e. The molecule has 0 aromatic carbocycles. The van der Waals surface area contributed by atoms with Gasteiger partial charge in [0.1, 0.15) is 6.17 Å². The number of rotatable bonds is 4. The Morgan fingerprint density at radius 1 is 1.20 bits per heavy atom. The van der Waals surface area contributed by atoms with E-state index in [1.807, 2.05) is 19.1 Å². The highest BCUT2D eigenvalue weighted by molar-refractivity contribution is 4.88. The summed E-state index contributed by atoms with van der Waals surface area (Å²) in [5, 5.41) is 0. The van der Waals surface area contributed by atoms with Gasteiger partial charge in [-0.25, -0.2) is 8.78 Å². The SMILES string of the molecule is CC/C=C\COC1CCC(C)C(F)C1F. The Hall–Kier alpha value is -0.440. The zero-order valence-electron chi connectivity index (χ0n) is 9.46. The van der Waals surface area contributed by atoms with E-state index in [1.165, 1.54) is 0 Å². The first-order valence-corrected chi connectivity index (χ1v) is 5.71. The molecule has 1 nitrogen and oxygen atoms in total. The van der Waals surface area contributed by atoms with Crippen molar-refractivity contribution in [2.24, 2.45) is 5.92 Å². The molecular formula is C12H20F2O. The normalized spacial score (nSPS) is 37.3. The van der Waals surface area contributed by atoms with Crippen molar-refractivity contribution >= 4 is 0 Å². The lowest BCUT2D eigenvalue weighted by Crippen LogP contribution is -2.41. The van der Waals surface area contributed by atoms with Crippen LogP contribution in [0.2, 0.25) is 0 Å². The summed E-state index contributed by atoms with van der Waals surface area (Å²) < 4.78 is 32.1. The topological polar surface area (TPSA) is 9.23 Å². The van der Waals surface area contributed by atoms with Crippen LogP contribution in [0, 0.1) is 5.92 Å². The van der Waals surface area contributed by atoms with Crippen LogP contribution in [0.15, 0.2) is 12.2 Å². The fourth-order valence-electron chi connectivity index (χ4n) is 1.85. The average Bonchev–Trinajstić information content (AvgIpc) is 2.24. The molecule has 1 rings (SSSR count). The number of hydrogen-bond acceptors (Lipinski definition) is 1. The third-order valence-electron chi connectivity index (χ3n) is 2.92. The number of ether oxygens (including phenoxy) is 1. The van der Waals surface area contributed by atoms with E-state index in [1.54, 1.807) is 6.92 Å². The molecule has 0 N–H and O–H groups in total. The van der Waals surface area contributed by atoms with Gasteiger partial charge in [-0.3, -0.25) is 0 Å². The molecule has 0 radical (unpaired) electrons. The molecule has 1 fully saturated rings. The van der Waals surface area contributed by atoms with E-state index in [0.29, 0.717) is 19.4 Å². The highest BCUT2D eigenvalue weighted by Gasteiger charge is 2.38. The average molecular weight is 218 g/mol. The molecule has 0 aromatic heterocycles. The van der Waals surface area contributed by atoms with Gasteiger partial charge in [0.15, 0.2) is 6.17 Å². The lowest BCUT2D eigenvalue weighted by Gasteiger charge is -2.32. The molecule has 0 spiro atoms. The summed E-state index contributed by atoms with van der Waals surface area (Å²) in [5.41, 5.74) is 0. The zero-order valence-corrected chi connectivity index (χ0v) is 9.46. The minimum absolute atomic E-state index is 0.175. The first-order chi connectivity index (χ1) is 7.16. The quantitative estimate of drug-likeness (QED) is 0.657. The van der Waals surface area contributed by atoms with Gasteiger partial charge in [0.2, 0.25) is 0 Å². The van der Waals surface area contributed by atoms with E-state index < -0.39 is 18.4 Å². The Bertz CT molecular complexity index is 206. The van der Waals surface area contributed by atoms with E-state index in [4.69, 9.17) is 4.74 Å². The highest BCUT2D eigenvalue weighted by atomic mass is 19.2. The number of halogens is 2. The molecule has 0 aliphatic heterocycles. The van der Waals surface area contributed by atoms with Crippen LogP contribution in [0.4, 0.5) is 8.78 Å². The van der Waals surface area contributed by atoms with Crippen LogP contribution in [0.3, 0.4) is 0 Å². The molecule has 0 saturated heterocycles. The van der Waals surface area contributed by atoms with E-state index in [0.717, 1.165) is 6.42 Å². The second-order valence-electron chi connectivity index (χ2n) is 4.19. The summed E-state index contributed by atoms with van der Waals surface area (Å²) in [6, 6.07) is 0. The number of alkyl halides is 2. The van der Waals surface area contributed by atoms with Gasteiger partial charge in [0.25, 0.3) is 0 Å². The van der Waals surface area contributed by atoms with Crippen LogP contribution < -0.4 is 0 Å². The summed E-state index contributed by atoms with van der Waals surface area (Å²) >= 11 is 0. The van der Waals surface area contributed by atoms with Crippen LogP contribution in [-0.4, -0.2) is 25.1 Å². The van der Waals surface area contributed by atoms with Gasteiger partial charge in [0.05, 0.1) is 12.7 Å². The molecule has 1 aliphatic rings. The van der Waals surface area contributed by atoms with Crippen molar-refractivity contribution in [3.63, 3.8) is 0 Å². The highest BCUT2D eigenvalue weighted by Crippen LogP contribution is 2.31. The van der Waals surface area contributed by atoms with Crippen molar-refractivity contribution in [2.75, 3.05) is 6.61 Å². The summed E-state index contributed by atoms with van der Waals surface area (Å²) in [7, 11) is 0. The zero-order chi connectivity index (χ0) is 11.3. The summed E-state index contributed by atoms with van der Waals surface area (Å²) in [4.78, 5) is 0. The van der Waals surface area contributed by atoms with Crippen molar-refractivity contribution in [3.8, 4) is 0 Å². The summed E-state index contributed by atoms with van der Waals surface area (Å²) in [6.45, 7) is 4.17. The molecule has 0 aromatic rings. The van der Waals surface area contributed by atoms with Crippen molar-refractivity contribution in [1.29, 1.82) is 0 Å². The van der Waals surface area contributed by atoms with Crippen LogP contribution in [-0.2, 0) is 4.74 Å². The molecule has 0 amide bonds. The molecule has 88 valence electrons. The third-order valence-corrected chi connectivity index (χ3v) is 2.92. The molecule has 0 bridgehead atoms. The predicted octanol–water partition coefficient (Wildman–Crippen LogP) is 3.44. The Morgan fingerprint density at radius 3 is 2.60 bits per heavy atom. The van der Waals surface area contributed by atoms with Gasteiger partial charge >= 0.3 is 0 Å². The van der Waals surface area contributed by atoms with Crippen molar-refractivity contribution in [1.82, 2.24) is 0 Å². The van der Waals surface area contributed by atoms with Crippen LogP contribution in [0.5, 0.6) is 0 Å². The van der Waals surface area contributed by atoms with Crippen molar-refractivity contribution < 1.29 is 13.5 Å². The fourth-order valence-corrected chi connectivity index (χ4v) is 1.85. The second kappa shape index (κ2) is 6.21. The molecule has 1 saturated carbocycles. The van der Waals surface area contributed by atoms with E-state index in [-0.39, 0.29) is 5.92 Å². The molecule has 0 heterocycles. The molecule has 1 aliphatic carbocycles. The number of hydrogen-bond donors (Lipinski definition) is 0. The lowest BCUT2D eigenvalue weighted by atomic mass is 9.85. The van der Waals surface area contributed by atoms with Gasteiger partial charge in [-0.1, -0.05) is 26.0 Å². The molecular weight excluding hydrogens is 198 g/mol. The van der Waals surface area contributed by atoms with Gasteiger partial charge in [-0.2, -0.15) is 0 Å². The van der Waals surface area contributed by atoms with Crippen LogP contribution in [0.1, 0.15) is 33.1 Å². The maximum absolute atomic E-state index is 13.5. The number of allylic oxidation sites excluding steroid dienone is 1. The van der Waals surface area contributed by atoms with Crippen LogP contribution in [0.25, 0.3) is 0 Å². The summed E-state index contributed by atoms with van der Waals surface area (Å²) in [5.74, 6) is -0.175. The minimum Gasteiger partial charge on any atom is -0.371 e. The predicted molar refractivity (Wildman–Crippen MR) is 57.4 cm³/mol. The van der Waals surface area contributed by atoms with Gasteiger partial charge in [0, 0.05) is 0 Å². The first-order valence-electron chi connectivity index (χ1n) is 5.71. The van der Waals surface area contributed by atoms with E-state index >= 15 is 0 Å². The van der Waals surface area contributed by atoms with E-state index in [2.05, 4.69) is 0 Å².